The number of morpholine rings is 1. The molecule has 148 valence electrons. The van der Waals surface area contributed by atoms with Gasteiger partial charge in [0.05, 0.1) is 18.9 Å². The summed E-state index contributed by atoms with van der Waals surface area (Å²) in [5.74, 6) is 0.279. The molecular weight excluding hydrogens is 368 g/mol. The molecule has 4 rings (SSSR count). The zero-order chi connectivity index (χ0) is 20.2. The lowest BCUT2D eigenvalue weighted by molar-refractivity contribution is 0.100. The number of carbonyl (C=O) groups excluding carboxylic acids is 1. The molecule has 0 atom stereocenters. The van der Waals surface area contributed by atoms with E-state index in [0.29, 0.717) is 17.1 Å². The fourth-order valence-electron chi connectivity index (χ4n) is 3.21. The number of aromatic nitrogens is 2. The molecule has 1 amide bonds. The molecule has 0 saturated carbocycles. The molecule has 1 aromatic heterocycles. The van der Waals surface area contributed by atoms with Gasteiger partial charge in [0.15, 0.2) is 0 Å². The summed E-state index contributed by atoms with van der Waals surface area (Å²) in [6, 6.07) is 16.8. The van der Waals surface area contributed by atoms with Crippen LogP contribution in [0.3, 0.4) is 0 Å². The highest BCUT2D eigenvalue weighted by molar-refractivity contribution is 5.93. The minimum Gasteiger partial charge on any atom is -0.378 e. The predicted octanol–water partition coefficient (Wildman–Crippen LogP) is 2.40. The van der Waals surface area contributed by atoms with Gasteiger partial charge >= 0.3 is 0 Å². The number of nitrogens with two attached hydrogens (primary N) is 2. The predicted molar refractivity (Wildman–Crippen MR) is 113 cm³/mol. The highest BCUT2D eigenvalue weighted by Crippen LogP contribution is 2.25. The Morgan fingerprint density at radius 1 is 1.00 bits per heavy atom. The molecule has 1 aliphatic heterocycles. The van der Waals surface area contributed by atoms with Gasteiger partial charge in [-0.3, -0.25) is 4.79 Å². The number of primary amides is 1. The fraction of sp³-hybridized carbons (Fsp3) is 0.190. The Balaban J connectivity index is 1.52. The second kappa shape index (κ2) is 8.15. The molecule has 8 heteroatoms. The largest absolute Gasteiger partial charge is 0.378 e. The quantitative estimate of drug-likeness (QED) is 0.612. The number of anilines is 4. The van der Waals surface area contributed by atoms with E-state index >= 15 is 0 Å². The molecule has 0 radical (unpaired) electrons. The molecule has 3 aromatic rings. The van der Waals surface area contributed by atoms with Gasteiger partial charge in [-0.1, -0.05) is 12.1 Å². The number of hydrogen-bond donors (Lipinski definition) is 3. The van der Waals surface area contributed by atoms with Crippen molar-refractivity contribution in [3.8, 4) is 11.3 Å². The Morgan fingerprint density at radius 2 is 1.69 bits per heavy atom. The van der Waals surface area contributed by atoms with Crippen molar-refractivity contribution in [2.45, 2.75) is 0 Å². The van der Waals surface area contributed by atoms with Crippen LogP contribution in [0.25, 0.3) is 11.3 Å². The first kappa shape index (κ1) is 18.7. The molecule has 8 nitrogen and oxygen atoms in total. The Morgan fingerprint density at radius 3 is 2.34 bits per heavy atom. The molecule has 0 unspecified atom stereocenters. The molecule has 2 heterocycles. The zero-order valence-electron chi connectivity index (χ0n) is 15.8. The Labute approximate surface area is 168 Å². The third-order valence-electron chi connectivity index (χ3n) is 4.72. The Kier molecular flexibility index (Phi) is 5.26. The molecule has 0 aliphatic carbocycles. The van der Waals surface area contributed by atoms with Crippen LogP contribution < -0.4 is 21.7 Å². The monoisotopic (exact) mass is 390 g/mol. The first-order valence-corrected chi connectivity index (χ1v) is 9.33. The summed E-state index contributed by atoms with van der Waals surface area (Å²) in [7, 11) is 0. The molecule has 1 fully saturated rings. The average molecular weight is 390 g/mol. The van der Waals surface area contributed by atoms with Crippen LogP contribution in [0.1, 0.15) is 10.4 Å². The highest BCUT2D eigenvalue weighted by atomic mass is 16.5. The fourth-order valence-corrected chi connectivity index (χ4v) is 3.21. The maximum absolute atomic E-state index is 11.2. The summed E-state index contributed by atoms with van der Waals surface area (Å²) in [4.78, 5) is 22.1. The molecule has 5 N–H and O–H groups in total. The van der Waals surface area contributed by atoms with Crippen LogP contribution >= 0.6 is 0 Å². The van der Waals surface area contributed by atoms with Crippen molar-refractivity contribution < 1.29 is 9.53 Å². The van der Waals surface area contributed by atoms with Crippen molar-refractivity contribution in [2.24, 2.45) is 5.73 Å². The molecule has 1 saturated heterocycles. The van der Waals surface area contributed by atoms with Gasteiger partial charge < -0.3 is 26.4 Å². The second-order valence-corrected chi connectivity index (χ2v) is 6.71. The molecule has 1 aliphatic rings. The Bertz CT molecular complexity index is 999. The lowest BCUT2D eigenvalue weighted by Gasteiger charge is -2.28. The normalized spacial score (nSPS) is 13.9. The number of carbonyl (C=O) groups is 1. The molecular formula is C21H22N6O2. The van der Waals surface area contributed by atoms with Crippen molar-refractivity contribution in [3.05, 3.63) is 60.2 Å². The minimum atomic E-state index is -0.471. The standard InChI is InChI=1S/C21H22N6O2/c22-20(28)15-3-1-14(2-4-15)18-13-19(26-21(23)25-18)24-16-5-7-17(8-6-16)27-9-11-29-12-10-27/h1-8,13H,9-12H2,(H2,22,28)(H3,23,24,25,26). The lowest BCUT2D eigenvalue weighted by Crippen LogP contribution is -2.36. The van der Waals surface area contributed by atoms with E-state index in [4.69, 9.17) is 16.2 Å². The number of nitrogens with one attached hydrogen (secondary N) is 1. The summed E-state index contributed by atoms with van der Waals surface area (Å²) in [6.07, 6.45) is 0. The van der Waals surface area contributed by atoms with Crippen LogP contribution in [0, 0.1) is 0 Å². The minimum absolute atomic E-state index is 0.161. The van der Waals surface area contributed by atoms with Gasteiger partial charge in [0, 0.05) is 41.7 Å². The van der Waals surface area contributed by atoms with Gasteiger partial charge in [0.25, 0.3) is 0 Å². The van der Waals surface area contributed by atoms with E-state index in [2.05, 4.69) is 32.3 Å². The van der Waals surface area contributed by atoms with E-state index in [9.17, 15) is 4.79 Å². The lowest BCUT2D eigenvalue weighted by atomic mass is 10.1. The van der Waals surface area contributed by atoms with E-state index in [-0.39, 0.29) is 5.95 Å². The van der Waals surface area contributed by atoms with Crippen LogP contribution in [-0.4, -0.2) is 42.2 Å². The summed E-state index contributed by atoms with van der Waals surface area (Å²) in [5, 5.41) is 3.27. The number of rotatable bonds is 5. The third kappa shape index (κ3) is 4.44. The van der Waals surface area contributed by atoms with Gasteiger partial charge in [0.1, 0.15) is 5.82 Å². The van der Waals surface area contributed by atoms with Gasteiger partial charge in [-0.15, -0.1) is 0 Å². The van der Waals surface area contributed by atoms with Crippen LogP contribution in [-0.2, 0) is 4.74 Å². The topological polar surface area (TPSA) is 119 Å². The van der Waals surface area contributed by atoms with E-state index in [1.54, 1.807) is 24.3 Å². The van der Waals surface area contributed by atoms with E-state index < -0.39 is 5.91 Å². The van der Waals surface area contributed by atoms with Crippen LogP contribution in [0.2, 0.25) is 0 Å². The average Bonchev–Trinajstić information content (AvgIpc) is 2.74. The molecule has 0 spiro atoms. The first-order valence-electron chi connectivity index (χ1n) is 9.33. The van der Waals surface area contributed by atoms with Crippen molar-refractivity contribution in [1.29, 1.82) is 0 Å². The summed E-state index contributed by atoms with van der Waals surface area (Å²) in [6.45, 7) is 3.30. The number of ether oxygens (including phenoxy) is 1. The molecule has 0 bridgehead atoms. The Hall–Kier alpha value is -3.65. The molecule has 29 heavy (non-hydrogen) atoms. The number of amides is 1. The van der Waals surface area contributed by atoms with E-state index in [1.165, 1.54) is 0 Å². The second-order valence-electron chi connectivity index (χ2n) is 6.71. The van der Waals surface area contributed by atoms with Crippen molar-refractivity contribution >= 4 is 29.0 Å². The maximum Gasteiger partial charge on any atom is 0.248 e. The number of nitrogen functional groups attached to an aromatic ring is 1. The van der Waals surface area contributed by atoms with E-state index in [0.717, 1.165) is 43.2 Å². The highest BCUT2D eigenvalue weighted by Gasteiger charge is 2.11. The van der Waals surface area contributed by atoms with Gasteiger partial charge in [-0.05, 0) is 36.4 Å². The maximum atomic E-state index is 11.2. The third-order valence-corrected chi connectivity index (χ3v) is 4.72. The van der Waals surface area contributed by atoms with Crippen LogP contribution in [0.15, 0.2) is 54.6 Å². The smallest absolute Gasteiger partial charge is 0.248 e. The number of hydrogen-bond acceptors (Lipinski definition) is 7. The van der Waals surface area contributed by atoms with Gasteiger partial charge in [-0.2, -0.15) is 4.98 Å². The summed E-state index contributed by atoms with van der Waals surface area (Å²) >= 11 is 0. The number of benzene rings is 2. The number of nitrogens with zero attached hydrogens (tertiary/aromatic N) is 3. The SMILES string of the molecule is NC(=O)c1ccc(-c2cc(Nc3ccc(N4CCOCC4)cc3)nc(N)n2)cc1. The van der Waals surface area contributed by atoms with E-state index in [1.807, 2.05) is 18.2 Å². The summed E-state index contributed by atoms with van der Waals surface area (Å²) < 4.78 is 5.40. The van der Waals surface area contributed by atoms with Crippen molar-refractivity contribution in [3.63, 3.8) is 0 Å². The zero-order valence-corrected chi connectivity index (χ0v) is 15.8. The first-order chi connectivity index (χ1) is 14.1. The van der Waals surface area contributed by atoms with Gasteiger partial charge in [0.2, 0.25) is 11.9 Å². The van der Waals surface area contributed by atoms with Gasteiger partial charge in [-0.25, -0.2) is 4.98 Å². The molecule has 2 aromatic carbocycles. The summed E-state index contributed by atoms with van der Waals surface area (Å²) in [5.41, 5.74) is 15.2. The van der Waals surface area contributed by atoms with Crippen molar-refractivity contribution in [1.82, 2.24) is 9.97 Å². The van der Waals surface area contributed by atoms with Crippen molar-refractivity contribution in [2.75, 3.05) is 42.3 Å². The van der Waals surface area contributed by atoms with Crippen LogP contribution in [0.5, 0.6) is 0 Å². The van der Waals surface area contributed by atoms with Crippen LogP contribution in [0.4, 0.5) is 23.1 Å².